The number of thiazole rings is 1. The number of halogens is 1. The van der Waals surface area contributed by atoms with Crippen LogP contribution in [0, 0.1) is 5.92 Å². The number of nitrogen functional groups attached to an aromatic ring is 1. The molecule has 0 amide bonds. The number of sulfonamides is 1. The molecule has 1 fully saturated rings. The van der Waals surface area contributed by atoms with Gasteiger partial charge in [0.25, 0.3) is 0 Å². The lowest BCUT2D eigenvalue weighted by molar-refractivity contribution is 0.104. The highest BCUT2D eigenvalue weighted by atomic mass is 35.5. The van der Waals surface area contributed by atoms with Crippen molar-refractivity contribution in [1.82, 2.24) is 14.6 Å². The normalized spacial score (nSPS) is 19.0. The Morgan fingerprint density at radius 2 is 1.88 bits per heavy atom. The first-order valence-corrected chi connectivity index (χ1v) is 14.3. The molecule has 0 bridgehead atoms. The number of carbonyl (C=O) groups excluding carboxylic acids is 1. The summed E-state index contributed by atoms with van der Waals surface area (Å²) in [4.78, 5) is 19.9. The Bertz CT molecular complexity index is 1110. The zero-order chi connectivity index (χ0) is 25.0. The second kappa shape index (κ2) is 11.3. The van der Waals surface area contributed by atoms with E-state index in [1.54, 1.807) is 12.1 Å². The summed E-state index contributed by atoms with van der Waals surface area (Å²) in [5.74, 6) is 0.175. The molecule has 1 aliphatic carbocycles. The average molecular weight is 528 g/mol. The van der Waals surface area contributed by atoms with Crippen LogP contribution in [0.4, 0.5) is 10.9 Å². The quantitative estimate of drug-likeness (QED) is 0.400. The molecule has 0 saturated heterocycles. The molecule has 1 saturated carbocycles. The van der Waals surface area contributed by atoms with Crippen molar-refractivity contribution in [3.8, 4) is 0 Å². The number of hydrogen-bond donors (Lipinski definition) is 3. The van der Waals surface area contributed by atoms with Crippen LogP contribution in [0.25, 0.3) is 0 Å². The number of nitrogens with two attached hydrogens (primary N) is 1. The van der Waals surface area contributed by atoms with Crippen LogP contribution in [0.2, 0.25) is 5.02 Å². The molecule has 0 aliphatic heterocycles. The number of nitrogens with zero attached hydrogens (tertiary/aromatic N) is 2. The molecule has 1 aliphatic rings. The molecular formula is C23H34ClN5O3S2. The summed E-state index contributed by atoms with van der Waals surface area (Å²) < 4.78 is 27.2. The van der Waals surface area contributed by atoms with E-state index in [9.17, 15) is 13.2 Å². The zero-order valence-corrected chi connectivity index (χ0v) is 22.5. The minimum Gasteiger partial charge on any atom is -0.382 e. The van der Waals surface area contributed by atoms with Gasteiger partial charge in [-0.25, -0.2) is 18.1 Å². The smallest absolute Gasteiger partial charge is 0.212 e. The summed E-state index contributed by atoms with van der Waals surface area (Å²) in [5.41, 5.74) is 7.50. The molecule has 11 heteroatoms. The predicted molar refractivity (Wildman–Crippen MR) is 140 cm³/mol. The first-order chi connectivity index (χ1) is 15.9. The Kier molecular flexibility index (Phi) is 8.97. The molecule has 1 aromatic carbocycles. The summed E-state index contributed by atoms with van der Waals surface area (Å²) in [6, 6.07) is 5.54. The molecule has 2 aromatic rings. The SMILES string of the molecule is CC(C)CS(=O)(=O)NC1CCC(Nc2nc(N)c(C(=O)c3cc(CN(C)C)ccc3Cl)s2)CC1. The van der Waals surface area contributed by atoms with Crippen molar-refractivity contribution < 1.29 is 13.2 Å². The largest absolute Gasteiger partial charge is 0.382 e. The standard InChI is InChI=1S/C23H34ClN5O3S2/c1-14(2)13-34(31,32)28-17-8-6-16(7-9-17)26-23-27-22(25)21(33-23)20(30)18-11-15(12-29(3)4)5-10-19(18)24/h5,10-11,14,16-17,28H,6-9,12-13,25H2,1-4H3,(H,26,27). The maximum atomic E-state index is 13.2. The summed E-state index contributed by atoms with van der Waals surface area (Å²) in [7, 11) is 0.667. The van der Waals surface area contributed by atoms with Gasteiger partial charge in [0.05, 0.1) is 10.8 Å². The molecule has 8 nitrogen and oxygen atoms in total. The molecule has 3 rings (SSSR count). The van der Waals surface area contributed by atoms with Gasteiger partial charge < -0.3 is 16.0 Å². The van der Waals surface area contributed by atoms with Crippen molar-refractivity contribution in [2.75, 3.05) is 30.9 Å². The minimum absolute atomic E-state index is 0.0445. The van der Waals surface area contributed by atoms with Crippen molar-refractivity contribution in [2.24, 2.45) is 5.92 Å². The van der Waals surface area contributed by atoms with Crippen LogP contribution in [-0.2, 0) is 16.6 Å². The molecule has 0 atom stereocenters. The van der Waals surface area contributed by atoms with Crippen molar-refractivity contribution in [1.29, 1.82) is 0 Å². The van der Waals surface area contributed by atoms with Crippen LogP contribution in [0.5, 0.6) is 0 Å². The first kappa shape index (κ1) is 26.9. The van der Waals surface area contributed by atoms with Crippen molar-refractivity contribution >= 4 is 49.7 Å². The summed E-state index contributed by atoms with van der Waals surface area (Å²) >= 11 is 7.55. The molecule has 4 N–H and O–H groups in total. The molecule has 34 heavy (non-hydrogen) atoms. The van der Waals surface area contributed by atoms with Gasteiger partial charge in [0.2, 0.25) is 15.8 Å². The lowest BCUT2D eigenvalue weighted by Gasteiger charge is -2.29. The molecule has 188 valence electrons. The van der Waals surface area contributed by atoms with Crippen molar-refractivity contribution in [3.63, 3.8) is 0 Å². The third-order valence-electron chi connectivity index (χ3n) is 5.59. The van der Waals surface area contributed by atoms with E-state index in [-0.39, 0.29) is 35.4 Å². The van der Waals surface area contributed by atoms with Crippen LogP contribution in [0.1, 0.15) is 60.3 Å². The van der Waals surface area contributed by atoms with Gasteiger partial charge in [-0.3, -0.25) is 4.79 Å². The fourth-order valence-corrected chi connectivity index (χ4v) is 7.00. The van der Waals surface area contributed by atoms with E-state index >= 15 is 0 Å². The molecule has 0 unspecified atom stereocenters. The van der Waals surface area contributed by atoms with Crippen LogP contribution < -0.4 is 15.8 Å². The monoisotopic (exact) mass is 527 g/mol. The maximum absolute atomic E-state index is 13.2. The topological polar surface area (TPSA) is 117 Å². The third-order valence-corrected chi connectivity index (χ3v) is 8.72. The number of aromatic nitrogens is 1. The highest BCUT2D eigenvalue weighted by molar-refractivity contribution is 7.89. The van der Waals surface area contributed by atoms with E-state index in [0.29, 0.717) is 27.1 Å². The van der Waals surface area contributed by atoms with Crippen molar-refractivity contribution in [3.05, 3.63) is 39.2 Å². The van der Waals surface area contributed by atoms with Gasteiger partial charge in [-0.1, -0.05) is 42.9 Å². The van der Waals surface area contributed by atoms with Gasteiger partial charge in [-0.2, -0.15) is 0 Å². The van der Waals surface area contributed by atoms with Gasteiger partial charge in [-0.15, -0.1) is 0 Å². The van der Waals surface area contributed by atoms with Crippen LogP contribution in [0.3, 0.4) is 0 Å². The van der Waals surface area contributed by atoms with Gasteiger partial charge in [0, 0.05) is 24.2 Å². The number of rotatable bonds is 10. The van der Waals surface area contributed by atoms with E-state index in [1.165, 1.54) is 11.3 Å². The van der Waals surface area contributed by atoms with Crippen LogP contribution in [-0.4, -0.2) is 56.0 Å². The Labute approximate surface area is 211 Å². The number of ketones is 1. The maximum Gasteiger partial charge on any atom is 0.212 e. The van der Waals surface area contributed by atoms with E-state index in [2.05, 4.69) is 15.0 Å². The lowest BCUT2D eigenvalue weighted by Crippen LogP contribution is -2.41. The fraction of sp³-hybridized carbons (Fsp3) is 0.565. The Morgan fingerprint density at radius 1 is 1.24 bits per heavy atom. The van der Waals surface area contributed by atoms with E-state index in [0.717, 1.165) is 31.2 Å². The van der Waals surface area contributed by atoms with Gasteiger partial charge in [0.1, 0.15) is 10.7 Å². The Balaban J connectivity index is 1.62. The number of hydrogen-bond acceptors (Lipinski definition) is 8. The third kappa shape index (κ3) is 7.39. The van der Waals surface area contributed by atoms with E-state index in [1.807, 2.05) is 38.9 Å². The molecule has 0 radical (unpaired) electrons. The van der Waals surface area contributed by atoms with E-state index < -0.39 is 10.0 Å². The predicted octanol–water partition coefficient (Wildman–Crippen LogP) is 3.97. The first-order valence-electron chi connectivity index (χ1n) is 11.4. The molecule has 1 heterocycles. The Morgan fingerprint density at radius 3 is 2.50 bits per heavy atom. The Hall–Kier alpha value is -1.72. The van der Waals surface area contributed by atoms with Gasteiger partial charge >= 0.3 is 0 Å². The summed E-state index contributed by atoms with van der Waals surface area (Å²) in [6.07, 6.45) is 3.10. The lowest BCUT2D eigenvalue weighted by atomic mass is 9.92. The fourth-order valence-electron chi connectivity index (χ4n) is 4.16. The average Bonchev–Trinajstić information content (AvgIpc) is 3.08. The molecular weight excluding hydrogens is 494 g/mol. The zero-order valence-electron chi connectivity index (χ0n) is 20.1. The number of carbonyl (C=O) groups is 1. The highest BCUT2D eigenvalue weighted by Gasteiger charge is 2.27. The second-order valence-corrected chi connectivity index (χ2v) is 12.8. The van der Waals surface area contributed by atoms with Crippen LogP contribution in [0.15, 0.2) is 18.2 Å². The molecule has 1 aromatic heterocycles. The number of nitrogens with one attached hydrogen (secondary N) is 2. The summed E-state index contributed by atoms with van der Waals surface area (Å²) in [6.45, 7) is 4.49. The number of benzene rings is 1. The van der Waals surface area contributed by atoms with E-state index in [4.69, 9.17) is 17.3 Å². The van der Waals surface area contributed by atoms with Gasteiger partial charge in [0.15, 0.2) is 5.13 Å². The highest BCUT2D eigenvalue weighted by Crippen LogP contribution is 2.32. The van der Waals surface area contributed by atoms with Gasteiger partial charge in [-0.05, 0) is 63.4 Å². The second-order valence-electron chi connectivity index (χ2n) is 9.60. The number of anilines is 2. The van der Waals surface area contributed by atoms with Crippen LogP contribution >= 0.6 is 22.9 Å². The van der Waals surface area contributed by atoms with Crippen molar-refractivity contribution in [2.45, 2.75) is 58.2 Å². The minimum atomic E-state index is -3.26. The molecule has 0 spiro atoms. The summed E-state index contributed by atoms with van der Waals surface area (Å²) in [5, 5.41) is 4.35.